The number of anilines is 3. The van der Waals surface area contributed by atoms with Gasteiger partial charge in [-0.3, -0.25) is 0 Å². The highest BCUT2D eigenvalue weighted by atomic mass is 35.5. The molecule has 0 bridgehead atoms. The average molecular weight is 413 g/mol. The van der Waals surface area contributed by atoms with Crippen molar-refractivity contribution >= 4 is 29.1 Å². The summed E-state index contributed by atoms with van der Waals surface area (Å²) in [7, 11) is 0. The van der Waals surface area contributed by atoms with Crippen LogP contribution in [-0.2, 0) is 12.4 Å². The van der Waals surface area contributed by atoms with E-state index in [1.807, 2.05) is 6.92 Å². The van der Waals surface area contributed by atoms with Gasteiger partial charge in [-0.25, -0.2) is 4.98 Å². The monoisotopic (exact) mass is 412 g/mol. The molecule has 2 rings (SSSR count). The molecule has 0 amide bonds. The van der Waals surface area contributed by atoms with Gasteiger partial charge >= 0.3 is 12.4 Å². The number of hydrogen-bond donors (Lipinski definition) is 2. The largest absolute Gasteiger partial charge is 0.433 e. The molecule has 0 aliphatic heterocycles. The summed E-state index contributed by atoms with van der Waals surface area (Å²) < 4.78 is 78.0. The van der Waals surface area contributed by atoms with Crippen LogP contribution in [0.4, 0.5) is 43.8 Å². The van der Waals surface area contributed by atoms with Gasteiger partial charge in [-0.15, -0.1) is 0 Å². The van der Waals surface area contributed by atoms with Crippen LogP contribution in [0.2, 0.25) is 5.02 Å². The van der Waals surface area contributed by atoms with Crippen LogP contribution < -0.4 is 10.6 Å². The first-order chi connectivity index (χ1) is 12.4. The molecule has 4 nitrogen and oxygen atoms in total. The smallest absolute Gasteiger partial charge is 0.352 e. The van der Waals surface area contributed by atoms with E-state index < -0.39 is 28.6 Å². The number of alkyl halides is 6. The van der Waals surface area contributed by atoms with Gasteiger partial charge in [-0.05, 0) is 31.5 Å². The predicted molar refractivity (Wildman–Crippen MR) is 90.1 cm³/mol. The van der Waals surface area contributed by atoms with Crippen molar-refractivity contribution in [1.29, 1.82) is 0 Å². The minimum atomic E-state index is -4.75. The van der Waals surface area contributed by atoms with Crippen molar-refractivity contribution in [3.63, 3.8) is 0 Å². The molecule has 0 spiro atoms. The van der Waals surface area contributed by atoms with Gasteiger partial charge < -0.3 is 10.6 Å². The van der Waals surface area contributed by atoms with Crippen LogP contribution in [0.25, 0.3) is 0 Å². The molecule has 0 fully saturated rings. The maximum atomic E-state index is 13.1. The van der Waals surface area contributed by atoms with E-state index in [0.29, 0.717) is 18.6 Å². The van der Waals surface area contributed by atoms with Crippen molar-refractivity contribution in [3.05, 3.63) is 40.5 Å². The zero-order valence-corrected chi connectivity index (χ0v) is 14.9. The van der Waals surface area contributed by atoms with E-state index in [2.05, 4.69) is 20.6 Å². The number of nitrogens with zero attached hydrogens (tertiary/aromatic N) is 2. The molecule has 1 aromatic heterocycles. The van der Waals surface area contributed by atoms with Gasteiger partial charge in [0.05, 0.1) is 10.6 Å². The predicted octanol–water partition coefficient (Wildman–Crippen LogP) is 6.12. The van der Waals surface area contributed by atoms with Crippen LogP contribution in [-0.4, -0.2) is 16.0 Å². The maximum absolute atomic E-state index is 13.1. The second kappa shape index (κ2) is 7.79. The average Bonchev–Trinajstić information content (AvgIpc) is 2.54. The number of benzene rings is 1. The van der Waals surface area contributed by atoms with E-state index in [1.54, 1.807) is 6.92 Å². The van der Waals surface area contributed by atoms with Gasteiger partial charge in [0.2, 0.25) is 5.95 Å². The van der Waals surface area contributed by atoms with Gasteiger partial charge in [-0.1, -0.05) is 18.5 Å². The van der Waals surface area contributed by atoms with Crippen molar-refractivity contribution in [2.75, 3.05) is 10.6 Å². The fourth-order valence-corrected chi connectivity index (χ4v) is 2.24. The number of hydrogen-bond acceptors (Lipinski definition) is 4. The standard InChI is InChI=1S/C16H15ClF6N4/c1-3-8(2)24-14-26-12(16(21,22)23)7-13(27-14)25-9-4-5-11(17)10(6-9)15(18,19)20/h4-8H,3H2,1-2H3,(H2,24,25,26,27)/t8-/m1/s1. The first-order valence-corrected chi connectivity index (χ1v) is 8.14. The minimum absolute atomic E-state index is 0.118. The summed E-state index contributed by atoms with van der Waals surface area (Å²) in [5.74, 6) is -0.592. The fraction of sp³-hybridized carbons (Fsp3) is 0.375. The minimum Gasteiger partial charge on any atom is -0.352 e. The van der Waals surface area contributed by atoms with Gasteiger partial charge in [0.25, 0.3) is 0 Å². The third-order valence-electron chi connectivity index (χ3n) is 3.55. The zero-order valence-electron chi connectivity index (χ0n) is 14.1. The molecule has 0 saturated carbocycles. The van der Waals surface area contributed by atoms with Crippen LogP contribution in [0.3, 0.4) is 0 Å². The van der Waals surface area contributed by atoms with E-state index >= 15 is 0 Å². The first-order valence-electron chi connectivity index (χ1n) is 7.76. The number of nitrogens with one attached hydrogen (secondary N) is 2. The van der Waals surface area contributed by atoms with E-state index in [1.165, 1.54) is 6.07 Å². The molecule has 0 radical (unpaired) electrons. The molecule has 11 heteroatoms. The molecule has 0 unspecified atom stereocenters. The Kier molecular flexibility index (Phi) is 6.08. The Morgan fingerprint density at radius 1 is 1.04 bits per heavy atom. The normalized spacial score (nSPS) is 13.4. The van der Waals surface area contributed by atoms with Crippen molar-refractivity contribution in [2.24, 2.45) is 0 Å². The highest BCUT2D eigenvalue weighted by molar-refractivity contribution is 6.31. The molecule has 2 aromatic rings. The van der Waals surface area contributed by atoms with Crippen LogP contribution in [0.5, 0.6) is 0 Å². The second-order valence-corrected chi connectivity index (χ2v) is 6.14. The second-order valence-electron chi connectivity index (χ2n) is 5.73. The van der Waals surface area contributed by atoms with Crippen LogP contribution in [0.15, 0.2) is 24.3 Å². The molecule has 1 atom stereocenters. The van der Waals surface area contributed by atoms with Gasteiger partial charge in [0.1, 0.15) is 5.82 Å². The summed E-state index contributed by atoms with van der Waals surface area (Å²) in [5, 5.41) is 4.63. The van der Waals surface area contributed by atoms with Crippen molar-refractivity contribution in [3.8, 4) is 0 Å². The third-order valence-corrected chi connectivity index (χ3v) is 3.88. The topological polar surface area (TPSA) is 49.8 Å². The summed E-state index contributed by atoms with van der Waals surface area (Å²) in [4.78, 5) is 7.31. The molecule has 0 aliphatic rings. The summed E-state index contributed by atoms with van der Waals surface area (Å²) >= 11 is 5.54. The fourth-order valence-electron chi connectivity index (χ4n) is 2.01. The van der Waals surface area contributed by atoms with Crippen LogP contribution in [0, 0.1) is 0 Å². The Morgan fingerprint density at radius 3 is 2.26 bits per heavy atom. The van der Waals surface area contributed by atoms with Crippen molar-refractivity contribution < 1.29 is 26.3 Å². The van der Waals surface area contributed by atoms with E-state index in [0.717, 1.165) is 6.07 Å². The molecule has 1 heterocycles. The van der Waals surface area contributed by atoms with E-state index in [4.69, 9.17) is 11.6 Å². The lowest BCUT2D eigenvalue weighted by Gasteiger charge is -2.16. The molecule has 148 valence electrons. The highest BCUT2D eigenvalue weighted by Gasteiger charge is 2.35. The quantitative estimate of drug-likeness (QED) is 0.581. The maximum Gasteiger partial charge on any atom is 0.433 e. The highest BCUT2D eigenvalue weighted by Crippen LogP contribution is 2.37. The van der Waals surface area contributed by atoms with Crippen molar-refractivity contribution in [2.45, 2.75) is 38.7 Å². The lowest BCUT2D eigenvalue weighted by molar-refractivity contribution is -0.141. The first kappa shape index (κ1) is 21.1. The SMILES string of the molecule is CC[C@@H](C)Nc1nc(Nc2ccc(Cl)c(C(F)(F)F)c2)cc(C(F)(F)F)n1. The summed E-state index contributed by atoms with van der Waals surface area (Å²) in [6, 6.07) is 3.31. The van der Waals surface area contributed by atoms with Crippen LogP contribution >= 0.6 is 11.6 Å². The Labute approximate surface area is 156 Å². The molecule has 0 saturated heterocycles. The molecule has 0 aliphatic carbocycles. The Balaban J connectivity index is 2.42. The Hall–Kier alpha value is -2.23. The van der Waals surface area contributed by atoms with Gasteiger partial charge in [0, 0.05) is 17.8 Å². The third kappa shape index (κ3) is 5.62. The summed E-state index contributed by atoms with van der Waals surface area (Å²) in [6.45, 7) is 3.54. The van der Waals surface area contributed by atoms with Crippen molar-refractivity contribution in [1.82, 2.24) is 9.97 Å². The van der Waals surface area contributed by atoms with Gasteiger partial charge in [0.15, 0.2) is 5.69 Å². The zero-order chi connectivity index (χ0) is 20.4. The molecular formula is C16H15ClF6N4. The Morgan fingerprint density at radius 2 is 1.70 bits per heavy atom. The number of rotatable bonds is 5. The van der Waals surface area contributed by atoms with E-state index in [-0.39, 0.29) is 23.5 Å². The molecule has 2 N–H and O–H groups in total. The van der Waals surface area contributed by atoms with Crippen LogP contribution in [0.1, 0.15) is 31.5 Å². The lowest BCUT2D eigenvalue weighted by Crippen LogP contribution is -2.18. The van der Waals surface area contributed by atoms with Gasteiger partial charge in [-0.2, -0.15) is 31.3 Å². The molecular weight excluding hydrogens is 398 g/mol. The number of halogens is 7. The molecule has 1 aromatic carbocycles. The van der Waals surface area contributed by atoms with E-state index in [9.17, 15) is 26.3 Å². The summed E-state index contributed by atoms with van der Waals surface area (Å²) in [5.41, 5.74) is -2.46. The Bertz CT molecular complexity index is 806. The molecule has 27 heavy (non-hydrogen) atoms. The lowest BCUT2D eigenvalue weighted by atomic mass is 10.2. The number of aromatic nitrogens is 2. The summed E-state index contributed by atoms with van der Waals surface area (Å²) in [6.07, 6.45) is -8.85.